The molecule has 0 aromatic rings. The van der Waals surface area contributed by atoms with Crippen LogP contribution < -0.4 is 5.73 Å². The van der Waals surface area contributed by atoms with Crippen molar-refractivity contribution in [3.63, 3.8) is 0 Å². The van der Waals surface area contributed by atoms with Crippen molar-refractivity contribution >= 4 is 0 Å². The number of hydrogen-bond donors (Lipinski definition) is 1. The first-order chi connectivity index (χ1) is 6.64. The van der Waals surface area contributed by atoms with Gasteiger partial charge >= 0.3 is 0 Å². The van der Waals surface area contributed by atoms with Crippen molar-refractivity contribution in [1.29, 1.82) is 5.26 Å². The van der Waals surface area contributed by atoms with E-state index in [-0.39, 0.29) is 0 Å². The van der Waals surface area contributed by atoms with Gasteiger partial charge in [0.15, 0.2) is 0 Å². The molecule has 3 heteroatoms. The highest BCUT2D eigenvalue weighted by Crippen LogP contribution is 2.32. The first-order valence-electron chi connectivity index (χ1n) is 5.42. The van der Waals surface area contributed by atoms with Crippen LogP contribution in [0.25, 0.3) is 0 Å². The average Bonchev–Trinajstić information content (AvgIpc) is 2.95. The highest BCUT2D eigenvalue weighted by atomic mass is 16.5. The van der Waals surface area contributed by atoms with Crippen molar-refractivity contribution in [3.8, 4) is 6.07 Å². The Morgan fingerprint density at radius 1 is 1.50 bits per heavy atom. The van der Waals surface area contributed by atoms with Crippen molar-refractivity contribution in [3.05, 3.63) is 0 Å². The Bertz CT molecular complexity index is 204. The maximum atomic E-state index is 8.66. The van der Waals surface area contributed by atoms with Gasteiger partial charge in [0, 0.05) is 13.2 Å². The Kier molecular flexibility index (Phi) is 4.37. The Morgan fingerprint density at radius 3 is 2.79 bits per heavy atom. The summed E-state index contributed by atoms with van der Waals surface area (Å²) in [7, 11) is 0. The molecule has 0 bridgehead atoms. The highest BCUT2D eigenvalue weighted by molar-refractivity contribution is 5.00. The van der Waals surface area contributed by atoms with Crippen LogP contribution in [0.5, 0.6) is 0 Å². The van der Waals surface area contributed by atoms with Crippen LogP contribution in [0.1, 0.15) is 39.0 Å². The van der Waals surface area contributed by atoms with E-state index in [1.54, 1.807) is 6.92 Å². The van der Waals surface area contributed by atoms with Gasteiger partial charge in [0.25, 0.3) is 0 Å². The summed E-state index contributed by atoms with van der Waals surface area (Å²) in [5, 5.41) is 8.66. The van der Waals surface area contributed by atoms with Crippen molar-refractivity contribution in [2.24, 2.45) is 11.7 Å². The fourth-order valence-electron chi connectivity index (χ4n) is 1.36. The lowest BCUT2D eigenvalue weighted by Gasteiger charge is -2.14. The van der Waals surface area contributed by atoms with Gasteiger partial charge in [-0.25, -0.2) is 0 Å². The molecule has 0 saturated heterocycles. The van der Waals surface area contributed by atoms with Gasteiger partial charge in [-0.15, -0.1) is 0 Å². The maximum Gasteiger partial charge on any atom is 0.101 e. The second-order valence-electron chi connectivity index (χ2n) is 4.48. The molecule has 1 rings (SSSR count). The number of ether oxygens (including phenoxy) is 1. The molecular weight excluding hydrogens is 176 g/mol. The predicted molar refractivity (Wildman–Crippen MR) is 55.6 cm³/mol. The molecule has 0 spiro atoms. The molecule has 2 N–H and O–H groups in total. The number of nitriles is 1. The lowest BCUT2D eigenvalue weighted by molar-refractivity contribution is 0.122. The maximum absolute atomic E-state index is 8.66. The summed E-state index contributed by atoms with van der Waals surface area (Å²) >= 11 is 0. The third-order valence-electron chi connectivity index (χ3n) is 2.61. The van der Waals surface area contributed by atoms with Crippen LogP contribution in [0.3, 0.4) is 0 Å². The van der Waals surface area contributed by atoms with Gasteiger partial charge in [-0.3, -0.25) is 0 Å². The monoisotopic (exact) mass is 196 g/mol. The largest absolute Gasteiger partial charge is 0.381 e. The van der Waals surface area contributed by atoms with Crippen LogP contribution in [-0.4, -0.2) is 18.8 Å². The van der Waals surface area contributed by atoms with E-state index < -0.39 is 5.54 Å². The summed E-state index contributed by atoms with van der Waals surface area (Å²) in [5.41, 5.74) is 4.99. The summed E-state index contributed by atoms with van der Waals surface area (Å²) in [6.07, 6.45) is 5.58. The minimum Gasteiger partial charge on any atom is -0.381 e. The van der Waals surface area contributed by atoms with Crippen LogP contribution >= 0.6 is 0 Å². The van der Waals surface area contributed by atoms with Gasteiger partial charge in [0.05, 0.1) is 6.07 Å². The number of nitrogens with two attached hydrogens (primary N) is 1. The van der Waals surface area contributed by atoms with E-state index in [4.69, 9.17) is 15.7 Å². The second-order valence-corrected chi connectivity index (χ2v) is 4.48. The predicted octanol–water partition coefficient (Wildman–Crippen LogP) is 1.82. The molecule has 1 saturated carbocycles. The minimum absolute atomic E-state index is 0.681. The fraction of sp³-hybridized carbons (Fsp3) is 0.909. The summed E-state index contributed by atoms with van der Waals surface area (Å²) in [5.74, 6) is 0.939. The van der Waals surface area contributed by atoms with E-state index in [9.17, 15) is 0 Å². The molecule has 1 aliphatic carbocycles. The molecule has 1 unspecified atom stereocenters. The molecule has 14 heavy (non-hydrogen) atoms. The Hall–Kier alpha value is -0.590. The quantitative estimate of drug-likeness (QED) is 0.632. The van der Waals surface area contributed by atoms with Gasteiger partial charge < -0.3 is 10.5 Å². The molecule has 1 atom stereocenters. The average molecular weight is 196 g/mol. The van der Waals surface area contributed by atoms with E-state index in [0.29, 0.717) is 6.42 Å². The van der Waals surface area contributed by atoms with Crippen molar-refractivity contribution < 1.29 is 4.74 Å². The van der Waals surface area contributed by atoms with Crippen molar-refractivity contribution in [2.75, 3.05) is 13.2 Å². The van der Waals surface area contributed by atoms with Gasteiger partial charge in [0.2, 0.25) is 0 Å². The summed E-state index contributed by atoms with van der Waals surface area (Å²) in [4.78, 5) is 0. The van der Waals surface area contributed by atoms with Crippen LogP contribution in [0, 0.1) is 17.2 Å². The zero-order chi connectivity index (χ0) is 10.4. The topological polar surface area (TPSA) is 59.0 Å². The van der Waals surface area contributed by atoms with E-state index >= 15 is 0 Å². The summed E-state index contributed by atoms with van der Waals surface area (Å²) in [6, 6.07) is 2.08. The smallest absolute Gasteiger partial charge is 0.101 e. The molecule has 1 fully saturated rings. The summed E-state index contributed by atoms with van der Waals surface area (Å²) in [6.45, 7) is 3.37. The minimum atomic E-state index is -0.681. The SMILES string of the molecule is CC(N)(C#N)CCCOCCC1CC1. The lowest BCUT2D eigenvalue weighted by atomic mass is 10.00. The third-order valence-corrected chi connectivity index (χ3v) is 2.61. The summed E-state index contributed by atoms with van der Waals surface area (Å²) < 4.78 is 5.46. The van der Waals surface area contributed by atoms with Gasteiger partial charge in [0.1, 0.15) is 5.54 Å². The third kappa shape index (κ3) is 5.21. The molecule has 0 aromatic heterocycles. The second kappa shape index (κ2) is 5.33. The molecule has 0 aliphatic heterocycles. The molecule has 0 aromatic carbocycles. The van der Waals surface area contributed by atoms with E-state index in [1.165, 1.54) is 19.3 Å². The molecule has 3 nitrogen and oxygen atoms in total. The zero-order valence-corrected chi connectivity index (χ0v) is 8.96. The van der Waals surface area contributed by atoms with Gasteiger partial charge in [-0.2, -0.15) is 5.26 Å². The highest BCUT2D eigenvalue weighted by Gasteiger charge is 2.20. The number of rotatable bonds is 7. The van der Waals surface area contributed by atoms with E-state index in [2.05, 4.69) is 6.07 Å². The van der Waals surface area contributed by atoms with Gasteiger partial charge in [-0.1, -0.05) is 12.8 Å². The first-order valence-corrected chi connectivity index (χ1v) is 5.42. The van der Waals surface area contributed by atoms with E-state index in [0.717, 1.165) is 25.6 Å². The van der Waals surface area contributed by atoms with Crippen LogP contribution in [0.2, 0.25) is 0 Å². The van der Waals surface area contributed by atoms with Crippen molar-refractivity contribution in [1.82, 2.24) is 0 Å². The fourth-order valence-corrected chi connectivity index (χ4v) is 1.36. The van der Waals surface area contributed by atoms with Crippen LogP contribution in [0.4, 0.5) is 0 Å². The molecular formula is C11H20N2O. The molecule has 80 valence electrons. The Labute approximate surface area is 86.2 Å². The Morgan fingerprint density at radius 2 is 2.21 bits per heavy atom. The van der Waals surface area contributed by atoms with E-state index in [1.807, 2.05) is 0 Å². The first kappa shape index (κ1) is 11.5. The molecule has 1 aliphatic rings. The zero-order valence-electron chi connectivity index (χ0n) is 8.96. The lowest BCUT2D eigenvalue weighted by Crippen LogP contribution is -2.34. The normalized spacial score (nSPS) is 20.1. The molecule has 0 amide bonds. The number of nitrogens with zero attached hydrogens (tertiary/aromatic N) is 1. The van der Waals surface area contributed by atoms with Crippen molar-refractivity contribution in [2.45, 2.75) is 44.6 Å². The number of hydrogen-bond acceptors (Lipinski definition) is 3. The Balaban J connectivity index is 1.86. The van der Waals surface area contributed by atoms with Crippen LogP contribution in [-0.2, 0) is 4.74 Å². The standard InChI is InChI=1S/C11H20N2O/c1-11(13,9-12)6-2-7-14-8-5-10-3-4-10/h10H,2-8,13H2,1H3. The van der Waals surface area contributed by atoms with Gasteiger partial charge in [-0.05, 0) is 32.1 Å². The molecule has 0 radical (unpaired) electrons. The molecule has 0 heterocycles. The van der Waals surface area contributed by atoms with Crippen LogP contribution in [0.15, 0.2) is 0 Å².